The molecule has 4 heteroatoms. The van der Waals surface area contributed by atoms with E-state index in [4.69, 9.17) is 4.52 Å². The summed E-state index contributed by atoms with van der Waals surface area (Å²) in [6.45, 7) is 5.23. The lowest BCUT2D eigenvalue weighted by Gasteiger charge is -2.39. The van der Waals surface area contributed by atoms with Crippen molar-refractivity contribution in [3.05, 3.63) is 53.9 Å². The molecule has 112 valence electrons. The summed E-state index contributed by atoms with van der Waals surface area (Å²) in [6, 6.07) is 13.7. The van der Waals surface area contributed by atoms with Gasteiger partial charge in [-0.15, -0.1) is 0 Å². The van der Waals surface area contributed by atoms with Gasteiger partial charge in [0.2, 0.25) is 0 Å². The summed E-state index contributed by atoms with van der Waals surface area (Å²) in [5.74, 6) is 0. The summed E-state index contributed by atoms with van der Waals surface area (Å²) in [7, 11) is 0. The second-order valence-corrected chi connectivity index (χ2v) is 5.78. The fourth-order valence-electron chi connectivity index (χ4n) is 3.09. The molecule has 1 saturated heterocycles. The topological polar surface area (TPSA) is 41.3 Å². The second-order valence-electron chi connectivity index (χ2n) is 5.78. The highest BCUT2D eigenvalue weighted by molar-refractivity contribution is 5.16. The Kier molecular flexibility index (Phi) is 4.68. The first-order chi connectivity index (χ1) is 10.3. The Morgan fingerprint density at radius 1 is 1.29 bits per heavy atom. The molecule has 1 aliphatic heterocycles. The fraction of sp³-hybridized carbons (Fsp3) is 0.471. The molecule has 0 bridgehead atoms. The van der Waals surface area contributed by atoms with Gasteiger partial charge in [-0.1, -0.05) is 42.4 Å². The third kappa shape index (κ3) is 3.71. The Morgan fingerprint density at radius 2 is 2.14 bits per heavy atom. The van der Waals surface area contributed by atoms with Crippen LogP contribution in [0.25, 0.3) is 0 Å². The molecule has 21 heavy (non-hydrogen) atoms. The number of hydrogen-bond donors (Lipinski definition) is 1. The third-order valence-corrected chi connectivity index (χ3v) is 4.27. The third-order valence-electron chi connectivity index (χ3n) is 4.27. The zero-order valence-corrected chi connectivity index (χ0v) is 12.5. The number of aromatic nitrogens is 1. The van der Waals surface area contributed by atoms with Gasteiger partial charge >= 0.3 is 0 Å². The van der Waals surface area contributed by atoms with Crippen LogP contribution in [0.3, 0.4) is 0 Å². The van der Waals surface area contributed by atoms with E-state index in [9.17, 15) is 0 Å². The van der Waals surface area contributed by atoms with Crippen LogP contribution in [-0.2, 0) is 13.0 Å². The van der Waals surface area contributed by atoms with Crippen molar-refractivity contribution >= 4 is 0 Å². The molecule has 2 aromatic rings. The van der Waals surface area contributed by atoms with Gasteiger partial charge in [0.25, 0.3) is 0 Å². The van der Waals surface area contributed by atoms with Crippen molar-refractivity contribution in [1.82, 2.24) is 15.4 Å². The van der Waals surface area contributed by atoms with Crippen molar-refractivity contribution < 1.29 is 4.52 Å². The standard InChI is InChI=1S/C17H23N3O/c1-2-17-11-18-16(10-14-6-4-3-5-7-14)13-20(17)12-15-8-9-21-19-15/h3-9,16-18H,2,10-13H2,1H3. The molecule has 2 atom stereocenters. The molecule has 0 spiro atoms. The normalized spacial score (nSPS) is 23.3. The number of benzene rings is 1. The van der Waals surface area contributed by atoms with Gasteiger partial charge in [-0.3, -0.25) is 4.90 Å². The molecule has 1 aliphatic rings. The maximum atomic E-state index is 4.96. The van der Waals surface area contributed by atoms with Gasteiger partial charge in [-0.2, -0.15) is 0 Å². The summed E-state index contributed by atoms with van der Waals surface area (Å²) in [6.07, 6.45) is 3.88. The molecule has 1 N–H and O–H groups in total. The lowest BCUT2D eigenvalue weighted by Crippen LogP contribution is -2.56. The van der Waals surface area contributed by atoms with E-state index >= 15 is 0 Å². The predicted octanol–water partition coefficient (Wildman–Crippen LogP) is 2.47. The Balaban J connectivity index is 1.63. The Morgan fingerprint density at radius 3 is 2.86 bits per heavy atom. The van der Waals surface area contributed by atoms with Gasteiger partial charge in [0.05, 0.1) is 5.69 Å². The van der Waals surface area contributed by atoms with Crippen LogP contribution in [0.5, 0.6) is 0 Å². The van der Waals surface area contributed by atoms with E-state index in [0.717, 1.165) is 38.2 Å². The summed E-state index contributed by atoms with van der Waals surface area (Å²) in [5, 5.41) is 7.74. The van der Waals surface area contributed by atoms with Crippen LogP contribution < -0.4 is 5.32 Å². The van der Waals surface area contributed by atoms with Crippen molar-refractivity contribution in [3.63, 3.8) is 0 Å². The van der Waals surface area contributed by atoms with Gasteiger partial charge in [0.15, 0.2) is 0 Å². The zero-order valence-electron chi connectivity index (χ0n) is 12.5. The molecule has 1 fully saturated rings. The van der Waals surface area contributed by atoms with Crippen LogP contribution in [-0.4, -0.2) is 35.2 Å². The molecule has 4 nitrogen and oxygen atoms in total. The summed E-state index contributed by atoms with van der Waals surface area (Å²) in [4.78, 5) is 2.53. The van der Waals surface area contributed by atoms with Crippen LogP contribution in [0.2, 0.25) is 0 Å². The molecule has 0 amide bonds. The molecular formula is C17H23N3O. The minimum Gasteiger partial charge on any atom is -0.364 e. The van der Waals surface area contributed by atoms with Gasteiger partial charge in [0, 0.05) is 37.8 Å². The van der Waals surface area contributed by atoms with Crippen molar-refractivity contribution in [2.45, 2.75) is 38.4 Å². The minimum atomic E-state index is 0.502. The summed E-state index contributed by atoms with van der Waals surface area (Å²) >= 11 is 0. The van der Waals surface area contributed by atoms with E-state index in [-0.39, 0.29) is 0 Å². The van der Waals surface area contributed by atoms with Crippen LogP contribution >= 0.6 is 0 Å². The van der Waals surface area contributed by atoms with E-state index in [0.29, 0.717) is 12.1 Å². The molecule has 3 rings (SSSR count). The molecule has 1 aromatic heterocycles. The van der Waals surface area contributed by atoms with E-state index in [1.807, 2.05) is 6.07 Å². The summed E-state index contributed by atoms with van der Waals surface area (Å²) < 4.78 is 4.96. The molecule has 0 saturated carbocycles. The average molecular weight is 285 g/mol. The number of piperazine rings is 1. The predicted molar refractivity (Wildman–Crippen MR) is 82.9 cm³/mol. The minimum absolute atomic E-state index is 0.502. The van der Waals surface area contributed by atoms with E-state index in [1.165, 1.54) is 5.56 Å². The zero-order chi connectivity index (χ0) is 14.5. The maximum Gasteiger partial charge on any atom is 0.124 e. The second kappa shape index (κ2) is 6.87. The molecular weight excluding hydrogens is 262 g/mol. The molecule has 0 radical (unpaired) electrons. The lowest BCUT2D eigenvalue weighted by molar-refractivity contribution is 0.116. The number of nitrogens with one attached hydrogen (secondary N) is 1. The largest absolute Gasteiger partial charge is 0.364 e. The Hall–Kier alpha value is -1.65. The Bertz CT molecular complexity index is 526. The average Bonchev–Trinajstić information content (AvgIpc) is 3.02. The molecule has 2 unspecified atom stereocenters. The van der Waals surface area contributed by atoms with Crippen LogP contribution in [0, 0.1) is 0 Å². The van der Waals surface area contributed by atoms with E-state index < -0.39 is 0 Å². The first-order valence-corrected chi connectivity index (χ1v) is 7.75. The van der Waals surface area contributed by atoms with Gasteiger partial charge in [0.1, 0.15) is 6.26 Å². The number of hydrogen-bond acceptors (Lipinski definition) is 4. The van der Waals surface area contributed by atoms with E-state index in [1.54, 1.807) is 6.26 Å². The first-order valence-electron chi connectivity index (χ1n) is 7.75. The van der Waals surface area contributed by atoms with Crippen molar-refractivity contribution in [2.24, 2.45) is 0 Å². The maximum absolute atomic E-state index is 4.96. The first kappa shape index (κ1) is 14.3. The summed E-state index contributed by atoms with van der Waals surface area (Å²) in [5.41, 5.74) is 2.42. The molecule has 0 aliphatic carbocycles. The molecule has 1 aromatic carbocycles. The molecule has 2 heterocycles. The highest BCUT2D eigenvalue weighted by Crippen LogP contribution is 2.16. The highest BCUT2D eigenvalue weighted by Gasteiger charge is 2.27. The Labute approximate surface area is 126 Å². The number of rotatable bonds is 5. The van der Waals surface area contributed by atoms with Crippen molar-refractivity contribution in [3.8, 4) is 0 Å². The smallest absolute Gasteiger partial charge is 0.124 e. The quantitative estimate of drug-likeness (QED) is 0.916. The highest BCUT2D eigenvalue weighted by atomic mass is 16.5. The van der Waals surface area contributed by atoms with Gasteiger partial charge in [-0.25, -0.2) is 0 Å². The van der Waals surface area contributed by atoms with Crippen LogP contribution in [0.15, 0.2) is 47.2 Å². The van der Waals surface area contributed by atoms with Gasteiger partial charge in [-0.05, 0) is 18.4 Å². The monoisotopic (exact) mass is 285 g/mol. The van der Waals surface area contributed by atoms with Crippen LogP contribution in [0.1, 0.15) is 24.6 Å². The SMILES string of the molecule is CCC1CNC(Cc2ccccc2)CN1Cc1ccon1. The van der Waals surface area contributed by atoms with Gasteiger partial charge < -0.3 is 9.84 Å². The lowest BCUT2D eigenvalue weighted by atomic mass is 10.0. The number of nitrogens with zero attached hydrogens (tertiary/aromatic N) is 2. The van der Waals surface area contributed by atoms with Crippen molar-refractivity contribution in [1.29, 1.82) is 0 Å². The fourth-order valence-corrected chi connectivity index (χ4v) is 3.09. The van der Waals surface area contributed by atoms with Crippen LogP contribution in [0.4, 0.5) is 0 Å². The van der Waals surface area contributed by atoms with Crippen molar-refractivity contribution in [2.75, 3.05) is 13.1 Å². The van der Waals surface area contributed by atoms with E-state index in [2.05, 4.69) is 52.6 Å².